The van der Waals surface area contributed by atoms with Gasteiger partial charge in [0.15, 0.2) is 5.78 Å². The van der Waals surface area contributed by atoms with E-state index in [-0.39, 0.29) is 18.0 Å². The number of hydrogen-bond acceptors (Lipinski definition) is 4. The first-order chi connectivity index (χ1) is 15.5. The minimum Gasteiger partial charge on any atom is -0.300 e. The molecule has 0 N–H and O–H groups in total. The Kier molecular flexibility index (Phi) is 21.1. The molecule has 4 heteroatoms. The van der Waals surface area contributed by atoms with Crippen molar-refractivity contribution in [3.05, 3.63) is 24.3 Å². The largest absolute Gasteiger partial charge is 0.300 e. The third-order valence-corrected chi connectivity index (χ3v) is 5.59. The van der Waals surface area contributed by atoms with Crippen LogP contribution < -0.4 is 0 Å². The van der Waals surface area contributed by atoms with Crippen molar-refractivity contribution < 1.29 is 19.2 Å². The highest BCUT2D eigenvalue weighted by Gasteiger charge is 2.05. The lowest BCUT2D eigenvalue weighted by Gasteiger charge is -2.01. The van der Waals surface area contributed by atoms with E-state index < -0.39 is 5.78 Å². The molecule has 0 aromatic carbocycles. The van der Waals surface area contributed by atoms with Gasteiger partial charge in [0.2, 0.25) is 5.78 Å². The highest BCUT2D eigenvalue weighted by Crippen LogP contribution is 2.10. The average Bonchev–Trinajstić information content (AvgIpc) is 2.76. The molecule has 0 aliphatic carbocycles. The first-order valence-electron chi connectivity index (χ1n) is 12.8. The maximum Gasteiger partial charge on any atom is 0.201 e. The van der Waals surface area contributed by atoms with Crippen LogP contribution in [0.25, 0.3) is 0 Å². The van der Waals surface area contributed by atoms with Gasteiger partial charge in [0, 0.05) is 39.0 Å². The fourth-order valence-corrected chi connectivity index (χ4v) is 3.47. The maximum atomic E-state index is 11.9. The molecule has 0 saturated heterocycles. The summed E-state index contributed by atoms with van der Waals surface area (Å²) in [5.74, 6) is -0.239. The number of hydrogen-bond donors (Lipinski definition) is 0. The summed E-state index contributed by atoms with van der Waals surface area (Å²) in [6.07, 6.45) is 24.6. The lowest BCUT2D eigenvalue weighted by molar-refractivity contribution is -0.134. The van der Waals surface area contributed by atoms with Gasteiger partial charge >= 0.3 is 0 Å². The zero-order valence-corrected chi connectivity index (χ0v) is 20.7. The quantitative estimate of drug-likeness (QED) is 0.0929. The third kappa shape index (κ3) is 21.4. The molecule has 0 amide bonds. The number of rotatable bonds is 23. The summed E-state index contributed by atoms with van der Waals surface area (Å²) in [5.41, 5.74) is 0. The van der Waals surface area contributed by atoms with Gasteiger partial charge in [-0.2, -0.15) is 0 Å². The van der Waals surface area contributed by atoms with Crippen molar-refractivity contribution >= 4 is 23.1 Å². The summed E-state index contributed by atoms with van der Waals surface area (Å²) in [7, 11) is 0. The first-order valence-corrected chi connectivity index (χ1v) is 12.8. The molecule has 4 nitrogen and oxygen atoms in total. The molecule has 0 heterocycles. The number of allylic oxidation sites excluding steroid dienone is 4. The molecule has 0 spiro atoms. The van der Waals surface area contributed by atoms with E-state index in [0.29, 0.717) is 31.5 Å². The maximum absolute atomic E-state index is 11.9. The van der Waals surface area contributed by atoms with Crippen LogP contribution in [0.4, 0.5) is 0 Å². The molecule has 0 bridgehead atoms. The normalized spacial score (nSPS) is 11.4. The molecule has 0 unspecified atom stereocenters. The first kappa shape index (κ1) is 30.2. The lowest BCUT2D eigenvalue weighted by Crippen LogP contribution is -2.06. The second-order valence-electron chi connectivity index (χ2n) is 8.77. The van der Waals surface area contributed by atoms with Crippen molar-refractivity contribution in [1.82, 2.24) is 0 Å². The standard InChI is InChI=1S/C28H46O4/c1-3-4-5-6-7-8-9-10-11-15-20-26(30)22-17-14-18-23-27(31)21-16-12-13-19-24-28(32)25(2)29/h11,13,15,19H,3-10,12,14,16-18,20-24H2,1-2H3/b15-11+,19-13+. The summed E-state index contributed by atoms with van der Waals surface area (Å²) in [6.45, 7) is 3.52. The summed E-state index contributed by atoms with van der Waals surface area (Å²) in [4.78, 5) is 45.8. The Morgan fingerprint density at radius 3 is 1.69 bits per heavy atom. The molecule has 0 radical (unpaired) electrons. The molecule has 0 aliphatic rings. The number of unbranched alkanes of at least 4 members (excludes halogenated alkanes) is 10. The average molecular weight is 447 g/mol. The monoisotopic (exact) mass is 446 g/mol. The van der Waals surface area contributed by atoms with Gasteiger partial charge in [-0.05, 0) is 38.5 Å². The van der Waals surface area contributed by atoms with Crippen LogP contribution in [0, 0.1) is 0 Å². The van der Waals surface area contributed by atoms with E-state index in [1.165, 1.54) is 51.9 Å². The molecule has 0 saturated carbocycles. The fourth-order valence-electron chi connectivity index (χ4n) is 3.47. The Morgan fingerprint density at radius 1 is 0.531 bits per heavy atom. The van der Waals surface area contributed by atoms with Gasteiger partial charge in [0.25, 0.3) is 0 Å². The van der Waals surface area contributed by atoms with Crippen LogP contribution in [0.3, 0.4) is 0 Å². The number of carbonyl (C=O) groups excluding carboxylic acids is 4. The molecular weight excluding hydrogens is 400 g/mol. The van der Waals surface area contributed by atoms with E-state index in [1.54, 1.807) is 6.08 Å². The highest BCUT2D eigenvalue weighted by atomic mass is 16.2. The molecular formula is C28H46O4. The van der Waals surface area contributed by atoms with Gasteiger partial charge in [-0.1, -0.05) is 76.2 Å². The fraction of sp³-hybridized carbons (Fsp3) is 0.714. The highest BCUT2D eigenvalue weighted by molar-refractivity contribution is 6.36. The van der Waals surface area contributed by atoms with Crippen LogP contribution >= 0.6 is 0 Å². The van der Waals surface area contributed by atoms with Crippen LogP contribution in [-0.2, 0) is 19.2 Å². The summed E-state index contributed by atoms with van der Waals surface area (Å²) >= 11 is 0. The summed E-state index contributed by atoms with van der Waals surface area (Å²) < 4.78 is 0. The number of carbonyl (C=O) groups is 4. The Bertz CT molecular complexity index is 586. The Hall–Kier alpha value is -1.84. The summed E-state index contributed by atoms with van der Waals surface area (Å²) in [5, 5.41) is 0. The second kappa shape index (κ2) is 22.4. The Balaban J connectivity index is 3.50. The van der Waals surface area contributed by atoms with E-state index in [0.717, 1.165) is 38.5 Å². The zero-order valence-electron chi connectivity index (χ0n) is 20.7. The van der Waals surface area contributed by atoms with Crippen LogP contribution in [0.2, 0.25) is 0 Å². The molecule has 0 aliphatic heterocycles. The molecule has 0 aromatic rings. The van der Waals surface area contributed by atoms with Crippen molar-refractivity contribution in [2.75, 3.05) is 0 Å². The molecule has 182 valence electrons. The van der Waals surface area contributed by atoms with Gasteiger partial charge in [-0.3, -0.25) is 19.2 Å². The van der Waals surface area contributed by atoms with Crippen molar-refractivity contribution in [3.8, 4) is 0 Å². The topological polar surface area (TPSA) is 68.3 Å². The lowest BCUT2D eigenvalue weighted by atomic mass is 10.0. The third-order valence-electron chi connectivity index (χ3n) is 5.59. The molecule has 0 aromatic heterocycles. The molecule has 0 atom stereocenters. The molecule has 0 rings (SSSR count). The van der Waals surface area contributed by atoms with E-state index in [2.05, 4.69) is 13.0 Å². The second-order valence-corrected chi connectivity index (χ2v) is 8.77. The van der Waals surface area contributed by atoms with Crippen molar-refractivity contribution in [2.45, 2.75) is 129 Å². The molecule has 32 heavy (non-hydrogen) atoms. The predicted octanol–water partition coefficient (Wildman–Crippen LogP) is 7.44. The van der Waals surface area contributed by atoms with Gasteiger partial charge in [0.1, 0.15) is 11.6 Å². The van der Waals surface area contributed by atoms with E-state index in [9.17, 15) is 19.2 Å². The minimum atomic E-state index is -0.415. The smallest absolute Gasteiger partial charge is 0.201 e. The predicted molar refractivity (Wildman–Crippen MR) is 133 cm³/mol. The van der Waals surface area contributed by atoms with Gasteiger partial charge in [-0.25, -0.2) is 0 Å². The molecule has 0 fully saturated rings. The van der Waals surface area contributed by atoms with Crippen molar-refractivity contribution in [1.29, 1.82) is 0 Å². The van der Waals surface area contributed by atoms with Gasteiger partial charge < -0.3 is 0 Å². The summed E-state index contributed by atoms with van der Waals surface area (Å²) in [6, 6.07) is 0. The van der Waals surface area contributed by atoms with Gasteiger partial charge in [0.05, 0.1) is 0 Å². The van der Waals surface area contributed by atoms with Crippen LogP contribution in [-0.4, -0.2) is 23.1 Å². The minimum absolute atomic E-state index is 0.150. The van der Waals surface area contributed by atoms with Crippen LogP contribution in [0.1, 0.15) is 129 Å². The number of ketones is 4. The van der Waals surface area contributed by atoms with Crippen molar-refractivity contribution in [3.63, 3.8) is 0 Å². The van der Waals surface area contributed by atoms with E-state index in [1.807, 2.05) is 12.2 Å². The van der Waals surface area contributed by atoms with Crippen LogP contribution in [0.5, 0.6) is 0 Å². The van der Waals surface area contributed by atoms with E-state index in [4.69, 9.17) is 0 Å². The Labute approximate surface area is 196 Å². The van der Waals surface area contributed by atoms with Gasteiger partial charge in [-0.15, -0.1) is 0 Å². The van der Waals surface area contributed by atoms with E-state index >= 15 is 0 Å². The zero-order chi connectivity index (χ0) is 23.9. The van der Waals surface area contributed by atoms with Crippen LogP contribution in [0.15, 0.2) is 24.3 Å². The van der Waals surface area contributed by atoms with Crippen molar-refractivity contribution in [2.24, 2.45) is 0 Å². The number of Topliss-reactive ketones (excluding diaryl/α,β-unsaturated/α-hetero) is 4. The SMILES string of the molecule is CCCCCCCCC/C=C/CC(=O)CCCCCC(=O)CCC/C=C/CC(=O)C(C)=O. The Morgan fingerprint density at radius 2 is 1.03 bits per heavy atom.